The molecule has 1 aliphatic carbocycles. The molecule has 1 amide bonds. The molecule has 1 heterocycles. The van der Waals surface area contributed by atoms with Gasteiger partial charge in [-0.2, -0.15) is 0 Å². The maximum Gasteiger partial charge on any atom is 0.227 e. The average molecular weight is 346 g/mol. The number of benzene rings is 1. The van der Waals surface area contributed by atoms with Crippen molar-refractivity contribution in [3.05, 3.63) is 34.6 Å². The molecule has 0 aromatic heterocycles. The molecule has 0 bridgehead atoms. The van der Waals surface area contributed by atoms with Crippen molar-refractivity contribution in [3.63, 3.8) is 0 Å². The normalized spacial score (nSPS) is 23.5. The van der Waals surface area contributed by atoms with Gasteiger partial charge in [-0.3, -0.25) is 4.79 Å². The van der Waals surface area contributed by atoms with Crippen LogP contribution in [0.15, 0.2) is 18.2 Å². The molecule has 22 heavy (non-hydrogen) atoms. The third-order valence-electron chi connectivity index (χ3n) is 4.24. The first-order valence-electron chi connectivity index (χ1n) is 7.31. The molecule has 7 heteroatoms. The number of carbonyl (C=O) groups excluding carboxylic acids is 1. The number of halogens is 2. The summed E-state index contributed by atoms with van der Waals surface area (Å²) in [6.45, 7) is 0.103. The van der Waals surface area contributed by atoms with Crippen molar-refractivity contribution < 1.29 is 17.6 Å². The van der Waals surface area contributed by atoms with E-state index in [2.05, 4.69) is 0 Å². The highest BCUT2D eigenvalue weighted by Gasteiger charge is 2.40. The Morgan fingerprint density at radius 2 is 2.05 bits per heavy atom. The molecule has 1 unspecified atom stereocenters. The van der Waals surface area contributed by atoms with Crippen molar-refractivity contribution in [1.82, 2.24) is 4.90 Å². The van der Waals surface area contributed by atoms with Crippen LogP contribution >= 0.6 is 11.6 Å². The second-order valence-corrected chi connectivity index (χ2v) is 8.63. The van der Waals surface area contributed by atoms with E-state index in [0.29, 0.717) is 12.0 Å². The minimum absolute atomic E-state index is 0.0579. The monoisotopic (exact) mass is 345 g/mol. The van der Waals surface area contributed by atoms with Crippen LogP contribution in [-0.4, -0.2) is 36.8 Å². The lowest BCUT2D eigenvalue weighted by molar-refractivity contribution is -0.136. The highest BCUT2D eigenvalue weighted by atomic mass is 35.5. The standard InChI is InChI=1S/C15H17ClFNO3S/c16-13-2-1-3-14(17)12(13)8-18(11-4-5-11)15(19)10-6-7-22(20,21)9-10/h1-3,10-11H,4-9H2. The van der Waals surface area contributed by atoms with Gasteiger partial charge in [0.25, 0.3) is 0 Å². The first kappa shape index (κ1) is 15.7. The Kier molecular flexibility index (Phi) is 4.16. The molecular formula is C15H17ClFNO3S. The third-order valence-corrected chi connectivity index (χ3v) is 6.36. The fraction of sp³-hybridized carbons (Fsp3) is 0.533. The first-order valence-corrected chi connectivity index (χ1v) is 9.51. The molecular weight excluding hydrogens is 329 g/mol. The topological polar surface area (TPSA) is 54.5 Å². The molecule has 1 atom stereocenters. The second kappa shape index (κ2) is 5.81. The van der Waals surface area contributed by atoms with Gasteiger partial charge in [-0.15, -0.1) is 0 Å². The Morgan fingerprint density at radius 3 is 2.59 bits per heavy atom. The Labute approximate surface area is 134 Å². The van der Waals surface area contributed by atoms with Crippen LogP contribution in [0.25, 0.3) is 0 Å². The molecule has 1 saturated carbocycles. The quantitative estimate of drug-likeness (QED) is 0.842. The molecule has 1 aromatic carbocycles. The van der Waals surface area contributed by atoms with E-state index in [4.69, 9.17) is 11.6 Å². The highest BCUT2D eigenvalue weighted by molar-refractivity contribution is 7.91. The highest BCUT2D eigenvalue weighted by Crippen LogP contribution is 2.33. The van der Waals surface area contributed by atoms with Gasteiger partial charge >= 0.3 is 0 Å². The van der Waals surface area contributed by atoms with E-state index in [-0.39, 0.29) is 35.0 Å². The minimum Gasteiger partial charge on any atom is -0.335 e. The van der Waals surface area contributed by atoms with Gasteiger partial charge in [0.05, 0.1) is 24.0 Å². The number of sulfone groups is 1. The summed E-state index contributed by atoms with van der Waals surface area (Å²) in [6.07, 6.45) is 2.10. The molecule has 2 fully saturated rings. The summed E-state index contributed by atoms with van der Waals surface area (Å²) < 4.78 is 37.1. The van der Waals surface area contributed by atoms with Crippen LogP contribution in [0.2, 0.25) is 5.02 Å². The molecule has 0 N–H and O–H groups in total. The Balaban J connectivity index is 1.80. The lowest BCUT2D eigenvalue weighted by atomic mass is 10.1. The molecule has 120 valence electrons. The van der Waals surface area contributed by atoms with E-state index in [9.17, 15) is 17.6 Å². The fourth-order valence-electron chi connectivity index (χ4n) is 2.85. The van der Waals surface area contributed by atoms with Crippen molar-refractivity contribution >= 4 is 27.3 Å². The molecule has 4 nitrogen and oxygen atoms in total. The summed E-state index contributed by atoms with van der Waals surface area (Å²) in [5.74, 6) is -1.17. The van der Waals surface area contributed by atoms with Crippen LogP contribution in [0.3, 0.4) is 0 Å². The van der Waals surface area contributed by atoms with Crippen LogP contribution in [0.4, 0.5) is 4.39 Å². The van der Waals surface area contributed by atoms with E-state index >= 15 is 0 Å². The molecule has 0 radical (unpaired) electrons. The summed E-state index contributed by atoms with van der Waals surface area (Å²) in [4.78, 5) is 14.2. The summed E-state index contributed by atoms with van der Waals surface area (Å²) >= 11 is 6.03. The average Bonchev–Trinajstić information content (AvgIpc) is 3.21. The van der Waals surface area contributed by atoms with Gasteiger partial charge in [-0.1, -0.05) is 17.7 Å². The van der Waals surface area contributed by atoms with Gasteiger partial charge in [0, 0.05) is 16.6 Å². The van der Waals surface area contributed by atoms with Gasteiger partial charge < -0.3 is 4.90 Å². The summed E-state index contributed by atoms with van der Waals surface area (Å²) in [6, 6.07) is 4.51. The maximum atomic E-state index is 13.9. The zero-order valence-electron chi connectivity index (χ0n) is 12.0. The first-order chi connectivity index (χ1) is 10.4. The van der Waals surface area contributed by atoms with Crippen molar-refractivity contribution in [2.24, 2.45) is 5.92 Å². The number of rotatable bonds is 4. The summed E-state index contributed by atoms with van der Waals surface area (Å²) in [7, 11) is -3.12. The van der Waals surface area contributed by atoms with Gasteiger partial charge in [-0.25, -0.2) is 12.8 Å². The number of nitrogens with zero attached hydrogens (tertiary/aromatic N) is 1. The van der Waals surface area contributed by atoms with Crippen LogP contribution in [-0.2, 0) is 21.2 Å². The SMILES string of the molecule is O=C(C1CCS(=O)(=O)C1)N(Cc1c(F)cccc1Cl)C1CC1. The predicted octanol–water partition coefficient (Wildman–Crippen LogP) is 2.40. The van der Waals surface area contributed by atoms with Gasteiger partial charge in [0.1, 0.15) is 5.82 Å². The van der Waals surface area contributed by atoms with Crippen molar-refractivity contribution in [2.45, 2.75) is 31.8 Å². The van der Waals surface area contributed by atoms with Gasteiger partial charge in [0.15, 0.2) is 9.84 Å². The molecule has 2 aliphatic rings. The van der Waals surface area contributed by atoms with E-state index in [1.54, 1.807) is 11.0 Å². The molecule has 3 rings (SSSR count). The van der Waals surface area contributed by atoms with E-state index in [1.807, 2.05) is 0 Å². The van der Waals surface area contributed by atoms with Crippen molar-refractivity contribution in [2.75, 3.05) is 11.5 Å². The van der Waals surface area contributed by atoms with Crippen LogP contribution in [0.5, 0.6) is 0 Å². The summed E-state index contributed by atoms with van der Waals surface area (Å²) in [5, 5.41) is 0.289. The number of amides is 1. The largest absolute Gasteiger partial charge is 0.335 e. The third kappa shape index (κ3) is 3.27. The molecule has 0 spiro atoms. The Morgan fingerprint density at radius 1 is 1.32 bits per heavy atom. The second-order valence-electron chi connectivity index (χ2n) is 6.00. The lowest BCUT2D eigenvalue weighted by Crippen LogP contribution is -2.38. The Hall–Kier alpha value is -1.14. The zero-order valence-corrected chi connectivity index (χ0v) is 13.5. The number of hydrogen-bond acceptors (Lipinski definition) is 3. The molecule has 1 aliphatic heterocycles. The minimum atomic E-state index is -3.12. The van der Waals surface area contributed by atoms with Crippen LogP contribution < -0.4 is 0 Å². The number of carbonyl (C=O) groups is 1. The summed E-state index contributed by atoms with van der Waals surface area (Å²) in [5.41, 5.74) is 0.297. The maximum absolute atomic E-state index is 13.9. The molecule has 1 aromatic rings. The number of hydrogen-bond donors (Lipinski definition) is 0. The molecule has 1 saturated heterocycles. The van der Waals surface area contributed by atoms with E-state index < -0.39 is 21.6 Å². The van der Waals surface area contributed by atoms with Crippen molar-refractivity contribution in [3.8, 4) is 0 Å². The fourth-order valence-corrected chi connectivity index (χ4v) is 4.81. The van der Waals surface area contributed by atoms with Crippen LogP contribution in [0.1, 0.15) is 24.8 Å². The van der Waals surface area contributed by atoms with Crippen LogP contribution in [0, 0.1) is 11.7 Å². The van der Waals surface area contributed by atoms with E-state index in [1.165, 1.54) is 12.1 Å². The Bertz CT molecular complexity index is 682. The lowest BCUT2D eigenvalue weighted by Gasteiger charge is -2.26. The van der Waals surface area contributed by atoms with Gasteiger partial charge in [-0.05, 0) is 31.4 Å². The predicted molar refractivity (Wildman–Crippen MR) is 81.7 cm³/mol. The van der Waals surface area contributed by atoms with Crippen molar-refractivity contribution in [1.29, 1.82) is 0 Å². The van der Waals surface area contributed by atoms with E-state index in [0.717, 1.165) is 12.8 Å². The zero-order chi connectivity index (χ0) is 15.9. The van der Waals surface area contributed by atoms with Gasteiger partial charge in [0.2, 0.25) is 5.91 Å². The smallest absolute Gasteiger partial charge is 0.227 e.